The van der Waals surface area contributed by atoms with E-state index in [-0.39, 0.29) is 5.78 Å². The molecule has 0 spiro atoms. The van der Waals surface area contributed by atoms with Crippen molar-refractivity contribution in [3.8, 4) is 0 Å². The Bertz CT molecular complexity index is 715. The normalized spacial score (nSPS) is 15.0. The Hall–Kier alpha value is -1.94. The van der Waals surface area contributed by atoms with Gasteiger partial charge in [0.05, 0.1) is 10.8 Å². The molecule has 1 aliphatic carbocycles. The number of benzene rings is 1. The van der Waals surface area contributed by atoms with Crippen LogP contribution in [-0.4, -0.2) is 16.9 Å². The average molecular weight is 300 g/mol. The Balaban J connectivity index is 2.09. The number of carbonyl (C=O) groups excluding carboxylic acids is 1. The maximum atomic E-state index is 12.7. The fraction of sp³-hybridized carbons (Fsp3) is 0.294. The van der Waals surface area contributed by atoms with Crippen LogP contribution in [0.1, 0.15) is 51.2 Å². The predicted molar refractivity (Wildman–Crippen MR) is 82.3 cm³/mol. The summed E-state index contributed by atoms with van der Waals surface area (Å²) in [5, 5.41) is 11.2. The SMILES string of the molecule is CCC(C(=O)O)c1ccc2c(c1)C(=O)c1sccc1CC2. The van der Waals surface area contributed by atoms with Crippen LogP contribution >= 0.6 is 11.3 Å². The summed E-state index contributed by atoms with van der Waals surface area (Å²) in [6, 6.07) is 7.57. The smallest absolute Gasteiger partial charge is 0.310 e. The van der Waals surface area contributed by atoms with E-state index in [2.05, 4.69) is 0 Å². The molecule has 0 saturated heterocycles. The highest BCUT2D eigenvalue weighted by Gasteiger charge is 2.25. The molecule has 1 unspecified atom stereocenters. The first kappa shape index (κ1) is 14.0. The monoisotopic (exact) mass is 300 g/mol. The summed E-state index contributed by atoms with van der Waals surface area (Å²) in [5.41, 5.74) is 3.52. The molecule has 1 aliphatic rings. The first-order valence-corrected chi connectivity index (χ1v) is 7.96. The number of aryl methyl sites for hydroxylation is 2. The lowest BCUT2D eigenvalue weighted by Gasteiger charge is -2.13. The van der Waals surface area contributed by atoms with E-state index in [1.54, 1.807) is 6.07 Å². The van der Waals surface area contributed by atoms with Gasteiger partial charge in [0, 0.05) is 5.56 Å². The number of hydrogen-bond acceptors (Lipinski definition) is 3. The number of fused-ring (bicyclic) bond motifs is 2. The fourth-order valence-corrected chi connectivity index (χ4v) is 3.82. The molecule has 1 aromatic heterocycles. The van der Waals surface area contributed by atoms with Crippen molar-refractivity contribution >= 4 is 23.1 Å². The molecule has 108 valence electrons. The number of hydrogen-bond donors (Lipinski definition) is 1. The molecule has 1 atom stereocenters. The summed E-state index contributed by atoms with van der Waals surface area (Å²) in [6.45, 7) is 1.85. The molecule has 0 saturated carbocycles. The lowest BCUT2D eigenvalue weighted by molar-refractivity contribution is -0.138. The van der Waals surface area contributed by atoms with Crippen molar-refractivity contribution in [1.82, 2.24) is 0 Å². The Kier molecular flexibility index (Phi) is 3.64. The van der Waals surface area contributed by atoms with Gasteiger partial charge in [-0.3, -0.25) is 9.59 Å². The molecule has 4 heteroatoms. The largest absolute Gasteiger partial charge is 0.481 e. The number of thiophene rings is 1. The molecule has 2 aromatic rings. The van der Waals surface area contributed by atoms with Gasteiger partial charge in [-0.25, -0.2) is 0 Å². The fourth-order valence-electron chi connectivity index (χ4n) is 2.92. The second-order valence-corrected chi connectivity index (χ2v) is 6.24. The van der Waals surface area contributed by atoms with E-state index < -0.39 is 11.9 Å². The number of aliphatic carboxylic acids is 1. The number of carboxylic acids is 1. The van der Waals surface area contributed by atoms with Crippen molar-refractivity contribution in [2.75, 3.05) is 0 Å². The van der Waals surface area contributed by atoms with Crippen LogP contribution in [0, 0.1) is 0 Å². The molecular formula is C17H16O3S. The minimum Gasteiger partial charge on any atom is -0.481 e. The van der Waals surface area contributed by atoms with E-state index in [4.69, 9.17) is 0 Å². The van der Waals surface area contributed by atoms with Gasteiger partial charge in [-0.1, -0.05) is 19.1 Å². The lowest BCUT2D eigenvalue weighted by atomic mass is 9.91. The third kappa shape index (κ3) is 2.40. The first-order chi connectivity index (χ1) is 10.1. The third-order valence-corrected chi connectivity index (χ3v) is 5.06. The summed E-state index contributed by atoms with van der Waals surface area (Å²) >= 11 is 1.47. The highest BCUT2D eigenvalue weighted by Crippen LogP contribution is 2.31. The second-order valence-electron chi connectivity index (χ2n) is 5.32. The lowest BCUT2D eigenvalue weighted by Crippen LogP contribution is -2.12. The van der Waals surface area contributed by atoms with Crippen LogP contribution in [0.25, 0.3) is 0 Å². The van der Waals surface area contributed by atoms with E-state index in [1.807, 2.05) is 30.5 Å². The van der Waals surface area contributed by atoms with Crippen molar-refractivity contribution < 1.29 is 14.7 Å². The molecule has 1 aromatic carbocycles. The van der Waals surface area contributed by atoms with E-state index in [1.165, 1.54) is 11.3 Å². The molecule has 21 heavy (non-hydrogen) atoms. The number of ketones is 1. The molecule has 0 fully saturated rings. The minimum absolute atomic E-state index is 0.0367. The van der Waals surface area contributed by atoms with Gasteiger partial charge < -0.3 is 5.11 Å². The molecule has 0 bridgehead atoms. The van der Waals surface area contributed by atoms with E-state index in [0.29, 0.717) is 12.0 Å². The summed E-state index contributed by atoms with van der Waals surface area (Å²) in [6.07, 6.45) is 2.22. The van der Waals surface area contributed by atoms with Crippen molar-refractivity contribution in [2.24, 2.45) is 0 Å². The quantitative estimate of drug-likeness (QED) is 0.941. The van der Waals surface area contributed by atoms with Crippen molar-refractivity contribution in [1.29, 1.82) is 0 Å². The molecule has 1 heterocycles. The van der Waals surface area contributed by atoms with Crippen LogP contribution in [0.3, 0.4) is 0 Å². The molecule has 3 rings (SSSR count). The highest BCUT2D eigenvalue weighted by molar-refractivity contribution is 7.12. The second kappa shape index (κ2) is 5.45. The van der Waals surface area contributed by atoms with Crippen molar-refractivity contribution in [3.63, 3.8) is 0 Å². The van der Waals surface area contributed by atoms with E-state index in [9.17, 15) is 14.7 Å². The van der Waals surface area contributed by atoms with Crippen molar-refractivity contribution in [2.45, 2.75) is 32.1 Å². The van der Waals surface area contributed by atoms with Crippen LogP contribution in [0.5, 0.6) is 0 Å². The van der Waals surface area contributed by atoms with Gasteiger partial charge in [-0.05, 0) is 53.5 Å². The van der Waals surface area contributed by atoms with Crippen molar-refractivity contribution in [3.05, 3.63) is 56.8 Å². The minimum atomic E-state index is -0.838. The van der Waals surface area contributed by atoms with E-state index >= 15 is 0 Å². The van der Waals surface area contributed by atoms with Crippen LogP contribution in [-0.2, 0) is 17.6 Å². The summed E-state index contributed by atoms with van der Waals surface area (Å²) in [7, 11) is 0. The number of carbonyl (C=O) groups is 2. The zero-order valence-corrected chi connectivity index (χ0v) is 12.6. The summed E-state index contributed by atoms with van der Waals surface area (Å²) in [5.74, 6) is -1.35. The maximum absolute atomic E-state index is 12.7. The Morgan fingerprint density at radius 1 is 1.29 bits per heavy atom. The summed E-state index contributed by atoms with van der Waals surface area (Å²) in [4.78, 5) is 24.8. The molecule has 0 aliphatic heterocycles. The van der Waals surface area contributed by atoms with Gasteiger partial charge in [0.25, 0.3) is 0 Å². The Morgan fingerprint density at radius 3 is 2.76 bits per heavy atom. The van der Waals surface area contributed by atoms with Gasteiger partial charge in [-0.2, -0.15) is 0 Å². The van der Waals surface area contributed by atoms with Crippen LogP contribution in [0.2, 0.25) is 0 Å². The molecular weight excluding hydrogens is 284 g/mol. The van der Waals surface area contributed by atoms with Gasteiger partial charge >= 0.3 is 5.97 Å². The van der Waals surface area contributed by atoms with Gasteiger partial charge in [0.2, 0.25) is 5.78 Å². The van der Waals surface area contributed by atoms with Crippen LogP contribution < -0.4 is 0 Å². The Labute approximate surface area is 127 Å². The topological polar surface area (TPSA) is 54.4 Å². The summed E-state index contributed by atoms with van der Waals surface area (Å²) < 4.78 is 0. The van der Waals surface area contributed by atoms with Crippen LogP contribution in [0.15, 0.2) is 29.6 Å². The van der Waals surface area contributed by atoms with Gasteiger partial charge in [0.15, 0.2) is 0 Å². The number of carboxylic acid groups (broad SMARTS) is 1. The maximum Gasteiger partial charge on any atom is 0.310 e. The molecule has 0 radical (unpaired) electrons. The highest BCUT2D eigenvalue weighted by atomic mass is 32.1. The van der Waals surface area contributed by atoms with Gasteiger partial charge in [0.1, 0.15) is 0 Å². The zero-order chi connectivity index (χ0) is 15.0. The van der Waals surface area contributed by atoms with Crippen LogP contribution in [0.4, 0.5) is 0 Å². The third-order valence-electron chi connectivity index (χ3n) is 4.10. The van der Waals surface area contributed by atoms with E-state index in [0.717, 1.165) is 34.4 Å². The number of rotatable bonds is 3. The molecule has 0 amide bonds. The molecule has 3 nitrogen and oxygen atoms in total. The average Bonchev–Trinajstić information content (AvgIpc) is 2.89. The predicted octanol–water partition coefficient (Wildman–Crippen LogP) is 3.66. The zero-order valence-electron chi connectivity index (χ0n) is 11.8. The van der Waals surface area contributed by atoms with Gasteiger partial charge in [-0.15, -0.1) is 11.3 Å². The standard InChI is InChI=1S/C17H16O3S/c1-2-13(17(19)20)12-6-4-10-3-5-11-7-8-21-16(11)15(18)14(10)9-12/h4,6-9,13H,2-3,5H2,1H3,(H,19,20). The Morgan fingerprint density at radius 2 is 2.05 bits per heavy atom. The first-order valence-electron chi connectivity index (χ1n) is 7.08. The molecule has 1 N–H and O–H groups in total.